The van der Waals surface area contributed by atoms with E-state index < -0.39 is 11.8 Å². The molecule has 0 fully saturated rings. The highest BCUT2D eigenvalue weighted by molar-refractivity contribution is 7.20. The van der Waals surface area contributed by atoms with E-state index in [1.54, 1.807) is 26.0 Å². The Morgan fingerprint density at radius 2 is 2.22 bits per heavy atom. The second-order valence-electron chi connectivity index (χ2n) is 4.88. The van der Waals surface area contributed by atoms with Crippen molar-refractivity contribution in [3.05, 3.63) is 50.9 Å². The highest BCUT2D eigenvalue weighted by Gasteiger charge is 2.20. The number of hydrogen-bond donors (Lipinski definition) is 1. The summed E-state index contributed by atoms with van der Waals surface area (Å²) in [5.41, 5.74) is 0.647. The summed E-state index contributed by atoms with van der Waals surface area (Å²) in [5.74, 6) is -0.627. The Labute approximate surface area is 134 Å². The average molecular weight is 332 g/mol. The molecule has 1 aromatic carbocycles. The molecule has 0 aliphatic carbocycles. The van der Waals surface area contributed by atoms with Gasteiger partial charge in [-0.15, -0.1) is 11.3 Å². The predicted molar refractivity (Wildman–Crippen MR) is 86.3 cm³/mol. The summed E-state index contributed by atoms with van der Waals surface area (Å²) in [6.07, 6.45) is 0. The van der Waals surface area contributed by atoms with Crippen molar-refractivity contribution in [2.45, 2.75) is 13.8 Å². The maximum atomic E-state index is 13.3. The number of H-pyrrole nitrogens is 1. The van der Waals surface area contributed by atoms with Gasteiger partial charge in [0, 0.05) is 5.56 Å². The first kappa shape index (κ1) is 15.4. The lowest BCUT2D eigenvalue weighted by atomic mass is 10.2. The topological polar surface area (TPSA) is 72.0 Å². The van der Waals surface area contributed by atoms with E-state index in [4.69, 9.17) is 4.74 Å². The maximum absolute atomic E-state index is 13.3. The van der Waals surface area contributed by atoms with E-state index >= 15 is 0 Å². The van der Waals surface area contributed by atoms with Gasteiger partial charge in [0.25, 0.3) is 5.56 Å². The zero-order valence-electron chi connectivity index (χ0n) is 12.5. The van der Waals surface area contributed by atoms with Gasteiger partial charge in [0.2, 0.25) is 0 Å². The van der Waals surface area contributed by atoms with E-state index in [0.29, 0.717) is 26.2 Å². The Kier molecular flexibility index (Phi) is 3.96. The van der Waals surface area contributed by atoms with Crippen LogP contribution in [0.15, 0.2) is 29.1 Å². The molecule has 5 nitrogen and oxygen atoms in total. The standard InChI is InChI=1S/C16H13FN2O3S/c1-3-22-16(21)12-8(2)11-14(20)18-13(19-15(11)23-12)9-5-4-6-10(17)7-9/h4-7H,3H2,1-2H3,(H,18,19,20). The van der Waals surface area contributed by atoms with Crippen molar-refractivity contribution in [3.63, 3.8) is 0 Å². The Morgan fingerprint density at radius 3 is 2.91 bits per heavy atom. The molecule has 0 saturated carbocycles. The van der Waals surface area contributed by atoms with Crippen LogP contribution in [-0.4, -0.2) is 22.5 Å². The van der Waals surface area contributed by atoms with Gasteiger partial charge in [0.15, 0.2) is 0 Å². The lowest BCUT2D eigenvalue weighted by Crippen LogP contribution is -2.10. The molecule has 7 heteroatoms. The maximum Gasteiger partial charge on any atom is 0.348 e. The third kappa shape index (κ3) is 2.75. The van der Waals surface area contributed by atoms with E-state index in [-0.39, 0.29) is 18.0 Å². The Morgan fingerprint density at radius 1 is 1.43 bits per heavy atom. The van der Waals surface area contributed by atoms with Gasteiger partial charge in [-0.05, 0) is 31.5 Å². The van der Waals surface area contributed by atoms with Crippen LogP contribution in [0.5, 0.6) is 0 Å². The Hall–Kier alpha value is -2.54. The summed E-state index contributed by atoms with van der Waals surface area (Å²) < 4.78 is 18.3. The third-order valence-electron chi connectivity index (χ3n) is 3.36. The van der Waals surface area contributed by atoms with Crippen LogP contribution in [0, 0.1) is 12.7 Å². The molecule has 0 atom stereocenters. The summed E-state index contributed by atoms with van der Waals surface area (Å²) in [6, 6.07) is 5.80. The molecule has 2 aromatic heterocycles. The van der Waals surface area contributed by atoms with Crippen LogP contribution in [0.25, 0.3) is 21.6 Å². The fourth-order valence-corrected chi connectivity index (χ4v) is 3.38. The van der Waals surface area contributed by atoms with Gasteiger partial charge in [-0.3, -0.25) is 4.79 Å². The van der Waals surface area contributed by atoms with Gasteiger partial charge in [0.05, 0.1) is 12.0 Å². The van der Waals surface area contributed by atoms with Crippen LogP contribution < -0.4 is 5.56 Å². The average Bonchev–Trinajstić information content (AvgIpc) is 2.85. The first-order valence-corrected chi connectivity index (χ1v) is 7.79. The van der Waals surface area contributed by atoms with E-state index in [1.165, 1.54) is 12.1 Å². The van der Waals surface area contributed by atoms with E-state index in [0.717, 1.165) is 11.3 Å². The highest BCUT2D eigenvalue weighted by atomic mass is 32.1. The number of aromatic nitrogens is 2. The van der Waals surface area contributed by atoms with Crippen LogP contribution in [0.1, 0.15) is 22.2 Å². The lowest BCUT2D eigenvalue weighted by molar-refractivity contribution is 0.0531. The number of benzene rings is 1. The number of thiophene rings is 1. The molecule has 23 heavy (non-hydrogen) atoms. The first-order valence-electron chi connectivity index (χ1n) is 6.97. The van der Waals surface area contributed by atoms with Gasteiger partial charge in [-0.25, -0.2) is 14.2 Å². The number of hydrogen-bond acceptors (Lipinski definition) is 5. The van der Waals surface area contributed by atoms with Crippen molar-refractivity contribution in [1.29, 1.82) is 0 Å². The highest BCUT2D eigenvalue weighted by Crippen LogP contribution is 2.29. The molecule has 0 amide bonds. The molecule has 0 radical (unpaired) electrons. The first-order chi connectivity index (χ1) is 11.0. The zero-order valence-corrected chi connectivity index (χ0v) is 13.3. The number of halogens is 1. The molecule has 2 heterocycles. The number of carbonyl (C=O) groups is 1. The molecular formula is C16H13FN2O3S. The van der Waals surface area contributed by atoms with Crippen molar-refractivity contribution in [2.75, 3.05) is 6.61 Å². The second kappa shape index (κ2) is 5.92. The van der Waals surface area contributed by atoms with Crippen molar-refractivity contribution >= 4 is 27.5 Å². The summed E-state index contributed by atoms with van der Waals surface area (Å²) in [5, 5.41) is 0.359. The lowest BCUT2D eigenvalue weighted by Gasteiger charge is -2.01. The van der Waals surface area contributed by atoms with Crippen LogP contribution in [-0.2, 0) is 4.74 Å². The number of nitrogens with one attached hydrogen (secondary N) is 1. The molecule has 0 aliphatic rings. The number of aryl methyl sites for hydroxylation is 1. The van der Waals surface area contributed by atoms with Crippen LogP contribution in [0.3, 0.4) is 0 Å². The molecule has 0 aliphatic heterocycles. The zero-order chi connectivity index (χ0) is 16.6. The van der Waals surface area contributed by atoms with Gasteiger partial charge < -0.3 is 9.72 Å². The molecule has 118 valence electrons. The van der Waals surface area contributed by atoms with Crippen molar-refractivity contribution < 1.29 is 13.9 Å². The summed E-state index contributed by atoms with van der Waals surface area (Å²) in [7, 11) is 0. The number of fused-ring (bicyclic) bond motifs is 1. The fraction of sp³-hybridized carbons (Fsp3) is 0.188. The minimum atomic E-state index is -0.472. The molecular weight excluding hydrogens is 319 g/mol. The van der Waals surface area contributed by atoms with Crippen LogP contribution in [0.2, 0.25) is 0 Å². The largest absolute Gasteiger partial charge is 0.462 e. The molecule has 0 unspecified atom stereocenters. The van der Waals surface area contributed by atoms with E-state index in [9.17, 15) is 14.0 Å². The predicted octanol–water partition coefficient (Wildman–Crippen LogP) is 3.28. The number of esters is 1. The number of ether oxygens (including phenoxy) is 1. The van der Waals surface area contributed by atoms with Gasteiger partial charge in [-0.2, -0.15) is 0 Å². The quantitative estimate of drug-likeness (QED) is 0.747. The Balaban J connectivity index is 2.19. The molecule has 0 spiro atoms. The SMILES string of the molecule is CCOC(=O)c1sc2nc(-c3cccc(F)c3)[nH]c(=O)c2c1C. The van der Waals surface area contributed by atoms with Crippen molar-refractivity contribution in [3.8, 4) is 11.4 Å². The van der Waals surface area contributed by atoms with Crippen LogP contribution >= 0.6 is 11.3 Å². The summed E-state index contributed by atoms with van der Waals surface area (Å²) in [6.45, 7) is 3.66. The van der Waals surface area contributed by atoms with Crippen molar-refractivity contribution in [1.82, 2.24) is 9.97 Å². The minimum Gasteiger partial charge on any atom is -0.462 e. The van der Waals surface area contributed by atoms with Crippen molar-refractivity contribution in [2.24, 2.45) is 0 Å². The third-order valence-corrected chi connectivity index (χ3v) is 4.53. The fourth-order valence-electron chi connectivity index (χ4n) is 2.31. The molecule has 0 saturated heterocycles. The Bertz CT molecular complexity index is 962. The number of carbonyl (C=O) groups excluding carboxylic acids is 1. The van der Waals surface area contributed by atoms with Gasteiger partial charge in [0.1, 0.15) is 21.3 Å². The van der Waals surface area contributed by atoms with Gasteiger partial charge >= 0.3 is 5.97 Å². The molecule has 3 rings (SSSR count). The van der Waals surface area contributed by atoms with Gasteiger partial charge in [-0.1, -0.05) is 12.1 Å². The molecule has 0 bridgehead atoms. The van der Waals surface area contributed by atoms with E-state index in [1.807, 2.05) is 0 Å². The summed E-state index contributed by atoms with van der Waals surface area (Å²) >= 11 is 1.10. The normalized spacial score (nSPS) is 10.9. The van der Waals surface area contributed by atoms with E-state index in [2.05, 4.69) is 9.97 Å². The number of nitrogens with zero attached hydrogens (tertiary/aromatic N) is 1. The number of aromatic amines is 1. The number of rotatable bonds is 3. The molecule has 3 aromatic rings. The summed E-state index contributed by atoms with van der Waals surface area (Å²) in [4.78, 5) is 32.1. The second-order valence-corrected chi connectivity index (χ2v) is 5.88. The van der Waals surface area contributed by atoms with Crippen LogP contribution in [0.4, 0.5) is 4.39 Å². The minimum absolute atomic E-state index is 0.255. The monoisotopic (exact) mass is 332 g/mol. The molecule has 1 N–H and O–H groups in total. The smallest absolute Gasteiger partial charge is 0.348 e.